The molecule has 0 fully saturated rings. The highest BCUT2D eigenvalue weighted by Gasteiger charge is 1.97. The van der Waals surface area contributed by atoms with E-state index in [9.17, 15) is 0 Å². The van der Waals surface area contributed by atoms with Crippen molar-refractivity contribution in [2.24, 2.45) is 0 Å². The van der Waals surface area contributed by atoms with Crippen molar-refractivity contribution < 1.29 is 4.74 Å². The summed E-state index contributed by atoms with van der Waals surface area (Å²) in [5.41, 5.74) is 0.806. The standard InChI is InChI=1S/C12H10O/c1-9-4-3-5-10-8-11(13-2)6-7-12(9)10/h1,3-8H,2H3. The van der Waals surface area contributed by atoms with Crippen molar-refractivity contribution in [3.8, 4) is 5.75 Å². The van der Waals surface area contributed by atoms with Crippen molar-refractivity contribution >= 4 is 10.8 Å². The third kappa shape index (κ3) is 1.37. The average Bonchev–Trinajstić information content (AvgIpc) is 2.18. The Bertz CT molecular complexity index is 432. The number of ether oxygens (including phenoxy) is 1. The molecule has 2 aromatic carbocycles. The molecular formula is C12H10O. The van der Waals surface area contributed by atoms with E-state index in [1.54, 1.807) is 7.11 Å². The molecule has 2 radical (unpaired) electrons. The van der Waals surface area contributed by atoms with Gasteiger partial charge in [-0.3, -0.25) is 0 Å². The summed E-state index contributed by atoms with van der Waals surface area (Å²) in [7, 11) is 1.66. The van der Waals surface area contributed by atoms with Gasteiger partial charge in [0.1, 0.15) is 5.75 Å². The first-order valence-electron chi connectivity index (χ1n) is 4.13. The summed E-state index contributed by atoms with van der Waals surface area (Å²) in [6, 6.07) is 11.7. The molecule has 2 aromatic rings. The molecule has 0 N–H and O–H groups in total. The number of hydrogen-bond donors (Lipinski definition) is 0. The first-order valence-corrected chi connectivity index (χ1v) is 4.13. The largest absolute Gasteiger partial charge is 0.497 e. The highest BCUT2D eigenvalue weighted by atomic mass is 16.5. The molecule has 0 amide bonds. The van der Waals surface area contributed by atoms with Crippen molar-refractivity contribution in [1.82, 2.24) is 0 Å². The number of hydrogen-bond acceptors (Lipinski definition) is 1. The molecule has 0 saturated heterocycles. The number of rotatable bonds is 1. The summed E-state index contributed by atoms with van der Waals surface area (Å²) >= 11 is 0. The third-order valence-corrected chi connectivity index (χ3v) is 2.12. The fourth-order valence-corrected chi connectivity index (χ4v) is 1.41. The van der Waals surface area contributed by atoms with Crippen LogP contribution >= 0.6 is 0 Å². The Hall–Kier alpha value is -1.50. The fraction of sp³-hybridized carbons (Fsp3) is 0.0833. The molecule has 0 aromatic heterocycles. The van der Waals surface area contributed by atoms with Crippen molar-refractivity contribution in [2.75, 3.05) is 7.11 Å². The minimum absolute atomic E-state index is 0.806. The Kier molecular flexibility index (Phi) is 1.93. The van der Waals surface area contributed by atoms with Crippen molar-refractivity contribution in [1.29, 1.82) is 0 Å². The van der Waals surface area contributed by atoms with Crippen LogP contribution in [0.2, 0.25) is 0 Å². The molecule has 13 heavy (non-hydrogen) atoms. The van der Waals surface area contributed by atoms with Gasteiger partial charge in [-0.05, 0) is 35.4 Å². The number of fused-ring (bicyclic) bond motifs is 1. The maximum Gasteiger partial charge on any atom is 0.119 e. The van der Waals surface area contributed by atoms with Crippen molar-refractivity contribution in [2.45, 2.75) is 0 Å². The van der Waals surface area contributed by atoms with Gasteiger partial charge in [-0.25, -0.2) is 0 Å². The highest BCUT2D eigenvalue weighted by molar-refractivity contribution is 5.87. The minimum atomic E-state index is 0.806. The zero-order valence-electron chi connectivity index (χ0n) is 7.45. The zero-order chi connectivity index (χ0) is 9.26. The maximum atomic E-state index is 5.81. The Morgan fingerprint density at radius 1 is 1.15 bits per heavy atom. The first-order chi connectivity index (χ1) is 6.31. The summed E-state index contributed by atoms with van der Waals surface area (Å²) in [4.78, 5) is 0. The number of methoxy groups -OCH3 is 1. The second-order valence-electron chi connectivity index (χ2n) is 2.93. The summed E-state index contributed by atoms with van der Waals surface area (Å²) in [5, 5.41) is 2.18. The van der Waals surface area contributed by atoms with E-state index >= 15 is 0 Å². The lowest BCUT2D eigenvalue weighted by molar-refractivity contribution is 0.415. The first kappa shape index (κ1) is 8.11. The smallest absolute Gasteiger partial charge is 0.119 e. The Balaban J connectivity index is 2.72. The molecule has 1 nitrogen and oxygen atoms in total. The molecule has 1 heteroatoms. The summed E-state index contributed by atoms with van der Waals surface area (Å²) in [6.07, 6.45) is 0. The highest BCUT2D eigenvalue weighted by Crippen LogP contribution is 2.22. The Labute approximate surface area is 78.0 Å². The molecule has 2 rings (SSSR count). The van der Waals surface area contributed by atoms with Crippen LogP contribution < -0.4 is 4.74 Å². The van der Waals surface area contributed by atoms with E-state index in [0.717, 1.165) is 22.1 Å². The van der Waals surface area contributed by atoms with Crippen LogP contribution in [0, 0.1) is 6.92 Å². The second kappa shape index (κ2) is 3.09. The lowest BCUT2D eigenvalue weighted by atomic mass is 10.1. The molecule has 0 aliphatic carbocycles. The number of benzene rings is 2. The topological polar surface area (TPSA) is 9.23 Å². The quantitative estimate of drug-likeness (QED) is 0.639. The van der Waals surface area contributed by atoms with E-state index in [1.807, 2.05) is 36.4 Å². The van der Waals surface area contributed by atoms with Gasteiger partial charge in [0.2, 0.25) is 0 Å². The predicted octanol–water partition coefficient (Wildman–Crippen LogP) is 2.91. The van der Waals surface area contributed by atoms with Gasteiger partial charge in [0.15, 0.2) is 0 Å². The van der Waals surface area contributed by atoms with Crippen molar-refractivity contribution in [3.63, 3.8) is 0 Å². The molecule has 0 bridgehead atoms. The van der Waals surface area contributed by atoms with Gasteiger partial charge in [-0.2, -0.15) is 0 Å². The van der Waals surface area contributed by atoms with E-state index in [1.165, 1.54) is 0 Å². The molecule has 0 spiro atoms. The zero-order valence-corrected chi connectivity index (χ0v) is 7.45. The van der Waals surface area contributed by atoms with Gasteiger partial charge in [0.25, 0.3) is 0 Å². The molecule has 64 valence electrons. The fourth-order valence-electron chi connectivity index (χ4n) is 1.41. The van der Waals surface area contributed by atoms with Gasteiger partial charge in [-0.1, -0.05) is 24.3 Å². The molecule has 0 heterocycles. The SMILES string of the molecule is [CH]c1cccc2cc(OC)ccc12. The van der Waals surface area contributed by atoms with Crippen LogP contribution in [-0.4, -0.2) is 7.11 Å². The lowest BCUT2D eigenvalue weighted by Crippen LogP contribution is -1.83. The van der Waals surface area contributed by atoms with Gasteiger partial charge in [0.05, 0.1) is 7.11 Å². The van der Waals surface area contributed by atoms with E-state index in [4.69, 9.17) is 11.7 Å². The Morgan fingerprint density at radius 2 is 2.00 bits per heavy atom. The second-order valence-corrected chi connectivity index (χ2v) is 2.93. The molecule has 0 aliphatic heterocycles. The normalized spacial score (nSPS) is 10.3. The summed E-state index contributed by atoms with van der Waals surface area (Å²) in [6.45, 7) is 5.81. The van der Waals surface area contributed by atoms with E-state index in [-0.39, 0.29) is 0 Å². The molecule has 0 saturated carbocycles. The predicted molar refractivity (Wildman–Crippen MR) is 53.9 cm³/mol. The van der Waals surface area contributed by atoms with Crippen molar-refractivity contribution in [3.05, 3.63) is 48.9 Å². The van der Waals surface area contributed by atoms with Crippen LogP contribution in [0.1, 0.15) is 5.56 Å². The van der Waals surface area contributed by atoms with Crippen LogP contribution in [0.25, 0.3) is 10.8 Å². The van der Waals surface area contributed by atoms with E-state index in [2.05, 4.69) is 0 Å². The molecule has 0 aliphatic rings. The maximum absolute atomic E-state index is 5.81. The third-order valence-electron chi connectivity index (χ3n) is 2.12. The monoisotopic (exact) mass is 170 g/mol. The van der Waals surface area contributed by atoms with Crippen LogP contribution in [-0.2, 0) is 0 Å². The minimum Gasteiger partial charge on any atom is -0.497 e. The van der Waals surface area contributed by atoms with Gasteiger partial charge >= 0.3 is 0 Å². The van der Waals surface area contributed by atoms with E-state index in [0.29, 0.717) is 0 Å². The molecule has 0 atom stereocenters. The van der Waals surface area contributed by atoms with E-state index < -0.39 is 0 Å². The van der Waals surface area contributed by atoms with Crippen LogP contribution in [0.5, 0.6) is 5.75 Å². The Morgan fingerprint density at radius 3 is 2.77 bits per heavy atom. The summed E-state index contributed by atoms with van der Waals surface area (Å²) < 4.78 is 5.12. The van der Waals surface area contributed by atoms with Gasteiger partial charge in [0, 0.05) is 0 Å². The van der Waals surface area contributed by atoms with Crippen LogP contribution in [0.3, 0.4) is 0 Å². The van der Waals surface area contributed by atoms with Crippen LogP contribution in [0.4, 0.5) is 0 Å². The lowest BCUT2D eigenvalue weighted by Gasteiger charge is -2.03. The molecular weight excluding hydrogens is 160 g/mol. The summed E-state index contributed by atoms with van der Waals surface area (Å²) in [5.74, 6) is 0.859. The molecule has 0 unspecified atom stereocenters. The van der Waals surface area contributed by atoms with Crippen LogP contribution in [0.15, 0.2) is 36.4 Å². The van der Waals surface area contributed by atoms with Gasteiger partial charge < -0.3 is 4.74 Å². The van der Waals surface area contributed by atoms with Gasteiger partial charge in [-0.15, -0.1) is 0 Å². The average molecular weight is 170 g/mol.